The van der Waals surface area contributed by atoms with Gasteiger partial charge in [0.15, 0.2) is 0 Å². The Balaban J connectivity index is 1.68. The lowest BCUT2D eigenvalue weighted by Crippen LogP contribution is -2.34. The number of amides is 3. The van der Waals surface area contributed by atoms with E-state index in [2.05, 4.69) is 10.3 Å². The van der Waals surface area contributed by atoms with Gasteiger partial charge in [-0.3, -0.25) is 20.2 Å². The quantitative estimate of drug-likeness (QED) is 0.371. The minimum atomic E-state index is -4.65. The summed E-state index contributed by atoms with van der Waals surface area (Å²) in [5.41, 5.74) is -1.82. The summed E-state index contributed by atoms with van der Waals surface area (Å²) in [6, 6.07) is 11.0. The Hall–Kier alpha value is -4.19. The van der Waals surface area contributed by atoms with Crippen LogP contribution in [0.25, 0.3) is 0 Å². The zero-order valence-corrected chi connectivity index (χ0v) is 17.0. The first kappa shape index (κ1) is 23.5. The number of nitro benzene ring substituents is 1. The average Bonchev–Trinajstić information content (AvgIpc) is 2.75. The second-order valence-electron chi connectivity index (χ2n) is 6.29. The van der Waals surface area contributed by atoms with Crippen molar-refractivity contribution >= 4 is 34.9 Å². The number of nitrogens with one attached hydrogen (secondary N) is 2. The Labute approximate surface area is 188 Å². The SMILES string of the molecule is O=C(NC(=O)c1ccccc1[N+](=O)[O-])Nc1ccc(Oc2cccc(C(F)(F)F)n2)c(Cl)c1. The minimum absolute atomic E-state index is 0.0366. The van der Waals surface area contributed by atoms with Crippen molar-refractivity contribution in [3.8, 4) is 11.6 Å². The molecule has 1 aromatic heterocycles. The zero-order chi connectivity index (χ0) is 24.2. The van der Waals surface area contributed by atoms with Gasteiger partial charge in [-0.1, -0.05) is 29.8 Å². The summed E-state index contributed by atoms with van der Waals surface area (Å²) >= 11 is 6.06. The van der Waals surface area contributed by atoms with E-state index >= 15 is 0 Å². The lowest BCUT2D eigenvalue weighted by molar-refractivity contribution is -0.385. The van der Waals surface area contributed by atoms with Crippen LogP contribution in [0, 0.1) is 10.1 Å². The molecule has 3 amide bonds. The normalized spacial score (nSPS) is 10.9. The minimum Gasteiger partial charge on any atom is -0.437 e. The van der Waals surface area contributed by atoms with Crippen molar-refractivity contribution < 1.29 is 32.4 Å². The van der Waals surface area contributed by atoms with E-state index in [0.29, 0.717) is 0 Å². The number of benzene rings is 2. The average molecular weight is 481 g/mol. The number of imide groups is 1. The Morgan fingerprint density at radius 2 is 1.79 bits per heavy atom. The topological polar surface area (TPSA) is 123 Å². The molecule has 2 aromatic carbocycles. The first-order chi connectivity index (χ1) is 15.5. The lowest BCUT2D eigenvalue weighted by atomic mass is 10.1. The highest BCUT2D eigenvalue weighted by molar-refractivity contribution is 6.32. The van der Waals surface area contributed by atoms with Gasteiger partial charge < -0.3 is 10.1 Å². The highest BCUT2D eigenvalue weighted by Crippen LogP contribution is 2.33. The number of para-hydroxylation sites is 1. The summed E-state index contributed by atoms with van der Waals surface area (Å²) in [5, 5.41) is 15.2. The van der Waals surface area contributed by atoms with Crippen molar-refractivity contribution in [2.24, 2.45) is 0 Å². The standard InChI is InChI=1S/C20H12ClF3N4O5/c21-13-10-11(8-9-15(13)33-17-7-3-6-16(26-17)20(22,23)24)25-19(30)27-18(29)12-4-1-2-5-14(12)28(31)32/h1-10H,(H2,25,27,29,30). The zero-order valence-electron chi connectivity index (χ0n) is 16.2. The van der Waals surface area contributed by atoms with Crippen LogP contribution in [0.15, 0.2) is 60.7 Å². The van der Waals surface area contributed by atoms with E-state index in [0.717, 1.165) is 18.2 Å². The number of urea groups is 1. The number of anilines is 1. The molecule has 0 atom stereocenters. The Morgan fingerprint density at radius 1 is 1.06 bits per heavy atom. The predicted octanol–water partition coefficient (Wildman–Crippen LogP) is 5.42. The number of ether oxygens (including phenoxy) is 1. The third-order valence-corrected chi connectivity index (χ3v) is 4.29. The maximum Gasteiger partial charge on any atom is 0.433 e. The van der Waals surface area contributed by atoms with Crippen LogP contribution < -0.4 is 15.4 Å². The van der Waals surface area contributed by atoms with Crippen LogP contribution in [-0.4, -0.2) is 21.8 Å². The van der Waals surface area contributed by atoms with Crippen LogP contribution in [0.2, 0.25) is 5.02 Å². The van der Waals surface area contributed by atoms with Gasteiger partial charge in [0.1, 0.15) is 17.0 Å². The first-order valence-electron chi connectivity index (χ1n) is 8.92. The van der Waals surface area contributed by atoms with Gasteiger partial charge in [-0.25, -0.2) is 9.78 Å². The van der Waals surface area contributed by atoms with Crippen molar-refractivity contribution in [2.45, 2.75) is 6.18 Å². The predicted molar refractivity (Wildman–Crippen MR) is 110 cm³/mol. The molecule has 0 radical (unpaired) electrons. The van der Waals surface area contributed by atoms with Crippen LogP contribution in [0.5, 0.6) is 11.6 Å². The molecule has 33 heavy (non-hydrogen) atoms. The molecule has 0 unspecified atom stereocenters. The molecular weight excluding hydrogens is 469 g/mol. The molecule has 0 aliphatic carbocycles. The van der Waals surface area contributed by atoms with Crippen molar-refractivity contribution in [3.63, 3.8) is 0 Å². The summed E-state index contributed by atoms with van der Waals surface area (Å²) in [6.45, 7) is 0. The molecular formula is C20H12ClF3N4O5. The maximum absolute atomic E-state index is 12.8. The van der Waals surface area contributed by atoms with Gasteiger partial charge in [-0.2, -0.15) is 13.2 Å². The molecule has 170 valence electrons. The summed E-state index contributed by atoms with van der Waals surface area (Å²) in [4.78, 5) is 37.9. The third kappa shape index (κ3) is 5.95. The third-order valence-electron chi connectivity index (χ3n) is 3.99. The van der Waals surface area contributed by atoms with Gasteiger partial charge in [-0.05, 0) is 30.3 Å². The van der Waals surface area contributed by atoms with Crippen molar-refractivity contribution in [1.82, 2.24) is 10.3 Å². The van der Waals surface area contributed by atoms with Gasteiger partial charge in [0.05, 0.1) is 9.95 Å². The highest BCUT2D eigenvalue weighted by atomic mass is 35.5. The Morgan fingerprint density at radius 3 is 2.45 bits per heavy atom. The molecule has 0 aliphatic heterocycles. The molecule has 0 spiro atoms. The number of hydrogen-bond donors (Lipinski definition) is 2. The van der Waals surface area contributed by atoms with E-state index < -0.39 is 34.4 Å². The fourth-order valence-corrected chi connectivity index (χ4v) is 2.78. The molecule has 2 N–H and O–H groups in total. The maximum atomic E-state index is 12.8. The number of carbonyl (C=O) groups is 2. The van der Waals surface area contributed by atoms with Crippen molar-refractivity contribution in [1.29, 1.82) is 0 Å². The number of nitrogens with zero attached hydrogens (tertiary/aromatic N) is 2. The van der Waals surface area contributed by atoms with Gasteiger partial charge in [0.2, 0.25) is 5.88 Å². The lowest BCUT2D eigenvalue weighted by Gasteiger charge is -2.11. The summed E-state index contributed by atoms with van der Waals surface area (Å²) in [6.07, 6.45) is -4.65. The molecule has 1 heterocycles. The number of carbonyl (C=O) groups excluding carboxylic acids is 2. The number of nitro groups is 1. The number of aromatic nitrogens is 1. The number of rotatable bonds is 5. The van der Waals surface area contributed by atoms with Crippen LogP contribution in [0.1, 0.15) is 16.1 Å². The fourth-order valence-electron chi connectivity index (χ4n) is 2.56. The largest absolute Gasteiger partial charge is 0.437 e. The van der Waals surface area contributed by atoms with Crippen LogP contribution in [0.4, 0.5) is 29.3 Å². The van der Waals surface area contributed by atoms with Crippen molar-refractivity contribution in [3.05, 3.63) is 87.1 Å². The Bertz CT molecular complexity index is 1240. The van der Waals surface area contributed by atoms with E-state index in [1.165, 1.54) is 42.5 Å². The summed E-state index contributed by atoms with van der Waals surface area (Å²) < 4.78 is 43.6. The van der Waals surface area contributed by atoms with Gasteiger partial charge >= 0.3 is 12.2 Å². The molecule has 3 aromatic rings. The number of hydrogen-bond acceptors (Lipinski definition) is 6. The van der Waals surface area contributed by atoms with Crippen LogP contribution in [-0.2, 0) is 6.18 Å². The Kier molecular flexibility index (Phi) is 6.78. The summed E-state index contributed by atoms with van der Waals surface area (Å²) in [5.74, 6) is -1.38. The fraction of sp³-hybridized carbons (Fsp3) is 0.0500. The molecule has 9 nitrogen and oxygen atoms in total. The van der Waals surface area contributed by atoms with Crippen LogP contribution in [0.3, 0.4) is 0 Å². The first-order valence-corrected chi connectivity index (χ1v) is 9.30. The van der Waals surface area contributed by atoms with Gasteiger partial charge in [0.25, 0.3) is 11.6 Å². The second kappa shape index (κ2) is 9.53. The number of halogens is 4. The van der Waals surface area contributed by atoms with E-state index in [-0.39, 0.29) is 27.9 Å². The van der Waals surface area contributed by atoms with Crippen LogP contribution >= 0.6 is 11.6 Å². The number of alkyl halides is 3. The smallest absolute Gasteiger partial charge is 0.433 e. The molecule has 0 aliphatic rings. The molecule has 0 fully saturated rings. The molecule has 0 saturated carbocycles. The summed E-state index contributed by atoms with van der Waals surface area (Å²) in [7, 11) is 0. The molecule has 13 heteroatoms. The van der Waals surface area contributed by atoms with E-state index in [9.17, 15) is 32.9 Å². The number of pyridine rings is 1. The van der Waals surface area contributed by atoms with E-state index in [1.807, 2.05) is 5.32 Å². The second-order valence-corrected chi connectivity index (χ2v) is 6.70. The van der Waals surface area contributed by atoms with E-state index in [4.69, 9.17) is 16.3 Å². The monoisotopic (exact) mass is 480 g/mol. The molecule has 0 bridgehead atoms. The van der Waals surface area contributed by atoms with Crippen molar-refractivity contribution in [2.75, 3.05) is 5.32 Å². The molecule has 3 rings (SSSR count). The van der Waals surface area contributed by atoms with Gasteiger partial charge in [0, 0.05) is 17.8 Å². The van der Waals surface area contributed by atoms with E-state index in [1.54, 1.807) is 0 Å². The molecule has 0 saturated heterocycles. The van der Waals surface area contributed by atoms with Gasteiger partial charge in [-0.15, -0.1) is 0 Å². The highest BCUT2D eigenvalue weighted by Gasteiger charge is 2.32.